The van der Waals surface area contributed by atoms with Gasteiger partial charge in [-0.05, 0) is 48.1 Å². The fourth-order valence-electron chi connectivity index (χ4n) is 4.69. The molecule has 0 spiro atoms. The average Bonchev–Trinajstić information content (AvgIpc) is 3.03. The first-order chi connectivity index (χ1) is 13.9. The number of hydrogen-bond acceptors (Lipinski definition) is 5. The average molecular weight is 428 g/mol. The van der Waals surface area contributed by atoms with E-state index < -0.39 is 23.9 Å². The number of rotatable bonds is 3. The number of aliphatic hydroxyl groups excluding tert-OH is 1. The Morgan fingerprint density at radius 1 is 1.17 bits per heavy atom. The number of aromatic amines is 1. The largest absolute Gasteiger partial charge is 1.00 e. The number of nitrogens with zero attached hydrogens (tertiary/aromatic N) is 1. The first-order valence-corrected chi connectivity index (χ1v) is 9.39. The summed E-state index contributed by atoms with van der Waals surface area (Å²) in [6, 6.07) is 12.1. The number of fused-ring (bicyclic) bond motifs is 4. The van der Waals surface area contributed by atoms with Crippen LogP contribution in [0.5, 0.6) is 0 Å². The van der Waals surface area contributed by atoms with Crippen LogP contribution in [0.3, 0.4) is 0 Å². The summed E-state index contributed by atoms with van der Waals surface area (Å²) in [5.74, 6) is -2.42. The normalized spacial score (nSPS) is 21.4. The number of carboxylic acid groups (broad SMARTS) is 1. The summed E-state index contributed by atoms with van der Waals surface area (Å²) in [6.07, 6.45) is -0.519. The zero-order chi connectivity index (χ0) is 20.4. The van der Waals surface area contributed by atoms with Crippen molar-refractivity contribution in [2.45, 2.75) is 25.5 Å². The smallest absolute Gasteiger partial charge is 0.543 e. The second-order valence-corrected chi connectivity index (χ2v) is 7.62. The van der Waals surface area contributed by atoms with E-state index >= 15 is 0 Å². The van der Waals surface area contributed by atoms with Gasteiger partial charge in [0.15, 0.2) is 0 Å². The number of aromatic nitrogens is 1. The predicted molar refractivity (Wildman–Crippen MR) is 104 cm³/mol. The molecule has 0 unspecified atom stereocenters. The Kier molecular flexibility index (Phi) is 5.50. The Morgan fingerprint density at radius 2 is 1.87 bits per heavy atom. The van der Waals surface area contributed by atoms with E-state index in [1.807, 2.05) is 18.2 Å². The molecule has 0 aliphatic carbocycles. The number of pyridine rings is 1. The van der Waals surface area contributed by atoms with Crippen molar-refractivity contribution >= 4 is 39.1 Å². The van der Waals surface area contributed by atoms with Gasteiger partial charge in [-0.3, -0.25) is 9.59 Å². The molecule has 2 N–H and O–H groups in total. The Labute approximate surface area is 213 Å². The number of nitrogens with one attached hydrogen (secondary N) is 1. The van der Waals surface area contributed by atoms with E-state index in [2.05, 4.69) is 4.98 Å². The van der Waals surface area contributed by atoms with Crippen molar-refractivity contribution in [1.29, 1.82) is 0 Å². The maximum absolute atomic E-state index is 12.4. The number of carboxylic acids is 1. The van der Waals surface area contributed by atoms with E-state index in [1.54, 1.807) is 24.3 Å². The van der Waals surface area contributed by atoms with E-state index in [0.717, 1.165) is 10.8 Å². The zero-order valence-electron chi connectivity index (χ0n) is 16.5. The molecule has 3 heterocycles. The molecule has 3 atom stereocenters. The Balaban J connectivity index is 0.00000218. The minimum Gasteiger partial charge on any atom is -0.543 e. The predicted octanol–water partition coefficient (Wildman–Crippen LogP) is -2.24. The summed E-state index contributed by atoms with van der Waals surface area (Å²) < 4.78 is 0. The molecule has 146 valence electrons. The minimum absolute atomic E-state index is 0. The van der Waals surface area contributed by atoms with Crippen LogP contribution in [0.25, 0.3) is 27.2 Å². The SMILES string of the molecule is C[C@@H](O)[C@H]1C(=O)N2C(C(=O)[O-])=C(c3ccc4[nH]c(=O)c5ccccc5c4c3)C[C@H]12.[K+]. The molecule has 3 aromatic rings. The Hall–Kier alpha value is -1.81. The molecule has 1 saturated heterocycles. The van der Waals surface area contributed by atoms with Gasteiger partial charge in [0, 0.05) is 16.3 Å². The molecule has 5 rings (SSSR count). The summed E-state index contributed by atoms with van der Waals surface area (Å²) in [6.45, 7) is 1.54. The topological polar surface area (TPSA) is 114 Å². The van der Waals surface area contributed by atoms with Crippen molar-refractivity contribution in [3.8, 4) is 0 Å². The molecule has 0 bridgehead atoms. The van der Waals surface area contributed by atoms with Crippen LogP contribution in [0.1, 0.15) is 18.9 Å². The van der Waals surface area contributed by atoms with Crippen molar-refractivity contribution in [1.82, 2.24) is 9.88 Å². The summed E-state index contributed by atoms with van der Waals surface area (Å²) in [7, 11) is 0. The van der Waals surface area contributed by atoms with Crippen LogP contribution in [0.2, 0.25) is 0 Å². The van der Waals surface area contributed by atoms with E-state index in [-0.39, 0.29) is 68.7 Å². The number of aliphatic hydroxyl groups is 1. The number of β-lactam (4-membered cyclic amide) rings is 1. The number of H-pyrrole nitrogens is 1. The molecule has 1 fully saturated rings. The van der Waals surface area contributed by atoms with E-state index in [4.69, 9.17) is 0 Å². The van der Waals surface area contributed by atoms with Gasteiger partial charge < -0.3 is 24.9 Å². The van der Waals surface area contributed by atoms with Crippen molar-refractivity contribution in [3.05, 3.63) is 64.1 Å². The molecule has 2 aliphatic rings. The summed E-state index contributed by atoms with van der Waals surface area (Å²) in [4.78, 5) is 40.6. The van der Waals surface area contributed by atoms with Gasteiger partial charge >= 0.3 is 51.4 Å². The maximum Gasteiger partial charge on any atom is 1.00 e. The fourth-order valence-corrected chi connectivity index (χ4v) is 4.69. The van der Waals surface area contributed by atoms with E-state index in [0.29, 0.717) is 28.5 Å². The Bertz CT molecular complexity index is 1310. The van der Waals surface area contributed by atoms with Gasteiger partial charge in [-0.2, -0.15) is 0 Å². The van der Waals surface area contributed by atoms with Gasteiger partial charge in [-0.25, -0.2) is 0 Å². The number of aliphatic carboxylic acids is 1. The second kappa shape index (κ2) is 7.71. The van der Waals surface area contributed by atoms with Gasteiger partial charge in [0.05, 0.1) is 29.7 Å². The standard InChI is InChI=1S/C22H18N2O5.K/c1-10(25)18-17-9-14(19(22(28)29)24(17)21(18)27)11-6-7-16-15(8-11)12-4-2-3-5-13(12)20(26)23-16;/h2-8,10,17-18,25H,9H2,1H3,(H,23,26)(H,28,29);/q;+1/p-1/t10-,17-,18-;/m1./s1. The maximum atomic E-state index is 12.4. The van der Waals surface area contributed by atoms with Gasteiger partial charge in [0.1, 0.15) is 0 Å². The molecule has 8 heteroatoms. The van der Waals surface area contributed by atoms with Crippen LogP contribution >= 0.6 is 0 Å². The Morgan fingerprint density at radius 3 is 2.53 bits per heavy atom. The van der Waals surface area contributed by atoms with E-state index in [1.165, 1.54) is 11.8 Å². The van der Waals surface area contributed by atoms with Crippen LogP contribution in [0, 0.1) is 5.92 Å². The number of hydrogen-bond donors (Lipinski definition) is 2. The third-order valence-corrected chi connectivity index (χ3v) is 6.00. The monoisotopic (exact) mass is 428 g/mol. The summed E-state index contributed by atoms with van der Waals surface area (Å²) >= 11 is 0. The van der Waals surface area contributed by atoms with Crippen molar-refractivity contribution in [2.24, 2.45) is 5.92 Å². The molecular formula is C22H17KN2O5. The molecule has 1 amide bonds. The van der Waals surface area contributed by atoms with Gasteiger partial charge in [-0.1, -0.05) is 24.3 Å². The number of amides is 1. The van der Waals surface area contributed by atoms with Gasteiger partial charge in [-0.15, -0.1) is 0 Å². The van der Waals surface area contributed by atoms with Crippen LogP contribution in [0.4, 0.5) is 0 Å². The molecule has 2 aliphatic heterocycles. The fraction of sp³-hybridized carbons (Fsp3) is 0.227. The van der Waals surface area contributed by atoms with Crippen molar-refractivity contribution < 1.29 is 71.2 Å². The molecule has 7 nitrogen and oxygen atoms in total. The van der Waals surface area contributed by atoms with Crippen LogP contribution in [-0.2, 0) is 9.59 Å². The van der Waals surface area contributed by atoms with Crippen molar-refractivity contribution in [3.63, 3.8) is 0 Å². The van der Waals surface area contributed by atoms with Gasteiger partial charge in [0.25, 0.3) is 5.56 Å². The third-order valence-electron chi connectivity index (χ3n) is 6.00. The van der Waals surface area contributed by atoms with Crippen LogP contribution in [-0.4, -0.2) is 39.0 Å². The van der Waals surface area contributed by atoms with E-state index in [9.17, 15) is 24.6 Å². The first kappa shape index (κ1) is 21.4. The molecular weight excluding hydrogens is 411 g/mol. The van der Waals surface area contributed by atoms with Crippen LogP contribution < -0.4 is 62.1 Å². The van der Waals surface area contributed by atoms with Crippen molar-refractivity contribution in [2.75, 3.05) is 0 Å². The zero-order valence-corrected chi connectivity index (χ0v) is 19.6. The first-order valence-electron chi connectivity index (χ1n) is 9.39. The number of carbonyl (C=O) groups is 2. The number of carbonyl (C=O) groups excluding carboxylic acids is 2. The number of benzene rings is 2. The molecule has 0 radical (unpaired) electrons. The van der Waals surface area contributed by atoms with Crippen LogP contribution in [0.15, 0.2) is 53.0 Å². The molecule has 30 heavy (non-hydrogen) atoms. The molecule has 0 saturated carbocycles. The second-order valence-electron chi connectivity index (χ2n) is 7.62. The third kappa shape index (κ3) is 3.02. The minimum atomic E-state index is -1.41. The molecule has 1 aromatic heterocycles. The quantitative estimate of drug-likeness (QED) is 0.278. The summed E-state index contributed by atoms with van der Waals surface area (Å²) in [5.41, 5.74) is 1.48. The van der Waals surface area contributed by atoms with Gasteiger partial charge in [0.2, 0.25) is 5.91 Å². The summed E-state index contributed by atoms with van der Waals surface area (Å²) in [5, 5.41) is 23.8. The molecule has 2 aromatic carbocycles.